The third kappa shape index (κ3) is 3.18. The summed E-state index contributed by atoms with van der Waals surface area (Å²) < 4.78 is 3.14. The van der Waals surface area contributed by atoms with Crippen LogP contribution in [0.3, 0.4) is 0 Å². The number of hydrogen-bond donors (Lipinski definition) is 3. The molecule has 3 N–H and O–H groups in total. The molecule has 0 aromatic carbocycles. The van der Waals surface area contributed by atoms with Gasteiger partial charge in [0, 0.05) is 13.6 Å². The minimum absolute atomic E-state index is 0.102. The average molecular weight is 377 g/mol. The van der Waals surface area contributed by atoms with Gasteiger partial charge in [0.05, 0.1) is 40.7 Å². The summed E-state index contributed by atoms with van der Waals surface area (Å²) in [6.45, 7) is 4.13. The molecular weight excluding hydrogens is 360 g/mol. The van der Waals surface area contributed by atoms with E-state index in [9.17, 15) is 9.59 Å². The SMILES string of the molecule is CCn1ncc(NC(=O)c2[nH]ncc2Cl)c1C(=O)Nc1cnn(C)c1C. The van der Waals surface area contributed by atoms with Gasteiger partial charge in [-0.1, -0.05) is 11.6 Å². The molecule has 10 nitrogen and oxygen atoms in total. The van der Waals surface area contributed by atoms with Crippen LogP contribution in [0.15, 0.2) is 18.6 Å². The van der Waals surface area contributed by atoms with Gasteiger partial charge in [0.25, 0.3) is 11.8 Å². The van der Waals surface area contributed by atoms with Crippen LogP contribution in [0.2, 0.25) is 5.02 Å². The van der Waals surface area contributed by atoms with Crippen molar-refractivity contribution in [2.75, 3.05) is 10.6 Å². The van der Waals surface area contributed by atoms with Crippen molar-refractivity contribution in [2.45, 2.75) is 20.4 Å². The first-order valence-electron chi connectivity index (χ1n) is 7.78. The van der Waals surface area contributed by atoms with E-state index >= 15 is 0 Å². The molecule has 0 fully saturated rings. The summed E-state index contributed by atoms with van der Waals surface area (Å²) in [6, 6.07) is 0. The second-order valence-corrected chi connectivity index (χ2v) is 5.90. The van der Waals surface area contributed by atoms with Gasteiger partial charge in [-0.15, -0.1) is 0 Å². The van der Waals surface area contributed by atoms with Crippen LogP contribution >= 0.6 is 11.6 Å². The van der Waals surface area contributed by atoms with Crippen LogP contribution < -0.4 is 10.6 Å². The Hall–Kier alpha value is -3.14. The predicted octanol–water partition coefficient (Wildman–Crippen LogP) is 1.83. The summed E-state index contributed by atoms with van der Waals surface area (Å²) in [5.41, 5.74) is 1.97. The Labute approximate surface area is 153 Å². The number of halogens is 1. The van der Waals surface area contributed by atoms with Crippen molar-refractivity contribution >= 4 is 34.8 Å². The summed E-state index contributed by atoms with van der Waals surface area (Å²) in [4.78, 5) is 25.1. The molecule has 3 rings (SSSR count). The van der Waals surface area contributed by atoms with Gasteiger partial charge in [0.2, 0.25) is 0 Å². The molecule has 0 unspecified atom stereocenters. The van der Waals surface area contributed by atoms with E-state index in [-0.39, 0.29) is 22.1 Å². The van der Waals surface area contributed by atoms with Gasteiger partial charge in [-0.25, -0.2) is 0 Å². The standard InChI is InChI=1S/C15H17ClN8O2/c1-4-24-13(15(26)20-10-6-18-23(3)8(10)2)11(7-19-24)21-14(25)12-9(16)5-17-22-12/h5-7H,4H2,1-3H3,(H,17,22)(H,20,26)(H,21,25). The lowest BCUT2D eigenvalue weighted by Gasteiger charge is -2.09. The molecule has 2 amide bonds. The van der Waals surface area contributed by atoms with Crippen molar-refractivity contribution in [3.05, 3.63) is 40.7 Å². The number of carbonyl (C=O) groups excluding carboxylic acids is 2. The van der Waals surface area contributed by atoms with E-state index in [1.807, 2.05) is 13.8 Å². The molecule has 0 radical (unpaired) electrons. The predicted molar refractivity (Wildman–Crippen MR) is 95.4 cm³/mol. The molecule has 0 aliphatic heterocycles. The maximum Gasteiger partial charge on any atom is 0.276 e. The number of carbonyl (C=O) groups is 2. The maximum atomic E-state index is 12.8. The fourth-order valence-corrected chi connectivity index (χ4v) is 2.55. The Bertz CT molecular complexity index is 970. The van der Waals surface area contributed by atoms with E-state index in [2.05, 4.69) is 31.0 Å². The summed E-state index contributed by atoms with van der Waals surface area (Å²) in [7, 11) is 1.78. The second kappa shape index (κ2) is 7.00. The highest BCUT2D eigenvalue weighted by Gasteiger charge is 2.22. The molecular formula is C15H17ClN8O2. The van der Waals surface area contributed by atoms with Gasteiger partial charge < -0.3 is 10.6 Å². The number of aromatic amines is 1. The number of nitrogens with one attached hydrogen (secondary N) is 3. The van der Waals surface area contributed by atoms with Gasteiger partial charge >= 0.3 is 0 Å². The van der Waals surface area contributed by atoms with Gasteiger partial charge in [-0.2, -0.15) is 15.3 Å². The first kappa shape index (κ1) is 17.7. The van der Waals surface area contributed by atoms with Crippen LogP contribution in [0.5, 0.6) is 0 Å². The van der Waals surface area contributed by atoms with Gasteiger partial charge in [-0.3, -0.25) is 24.1 Å². The van der Waals surface area contributed by atoms with E-state index in [4.69, 9.17) is 11.6 Å². The molecule has 136 valence electrons. The number of H-pyrrole nitrogens is 1. The lowest BCUT2D eigenvalue weighted by Crippen LogP contribution is -2.21. The van der Waals surface area contributed by atoms with Crippen molar-refractivity contribution in [3.8, 4) is 0 Å². The monoisotopic (exact) mass is 376 g/mol. The first-order valence-corrected chi connectivity index (χ1v) is 8.16. The zero-order valence-electron chi connectivity index (χ0n) is 14.4. The highest BCUT2D eigenvalue weighted by atomic mass is 35.5. The van der Waals surface area contributed by atoms with E-state index in [1.54, 1.807) is 17.9 Å². The second-order valence-electron chi connectivity index (χ2n) is 5.49. The Kier molecular flexibility index (Phi) is 4.76. The third-order valence-electron chi connectivity index (χ3n) is 3.91. The quantitative estimate of drug-likeness (QED) is 0.626. The zero-order valence-corrected chi connectivity index (χ0v) is 15.1. The summed E-state index contributed by atoms with van der Waals surface area (Å²) >= 11 is 5.90. The van der Waals surface area contributed by atoms with Crippen LogP contribution in [-0.4, -0.2) is 41.6 Å². The summed E-state index contributed by atoms with van der Waals surface area (Å²) in [6.07, 6.45) is 4.30. The Morgan fingerprint density at radius 3 is 2.42 bits per heavy atom. The lowest BCUT2D eigenvalue weighted by atomic mass is 10.3. The Morgan fingerprint density at radius 2 is 1.85 bits per heavy atom. The highest BCUT2D eigenvalue weighted by molar-refractivity contribution is 6.34. The van der Waals surface area contributed by atoms with Crippen LogP contribution in [0.25, 0.3) is 0 Å². The van der Waals surface area contributed by atoms with Crippen LogP contribution in [0, 0.1) is 6.92 Å². The Balaban J connectivity index is 1.88. The normalized spacial score (nSPS) is 10.8. The van der Waals surface area contributed by atoms with Gasteiger partial charge in [0.1, 0.15) is 11.4 Å². The van der Waals surface area contributed by atoms with Crippen molar-refractivity contribution in [1.29, 1.82) is 0 Å². The number of amides is 2. The molecule has 0 saturated heterocycles. The molecule has 26 heavy (non-hydrogen) atoms. The largest absolute Gasteiger partial charge is 0.318 e. The fraction of sp³-hybridized carbons (Fsp3) is 0.267. The maximum absolute atomic E-state index is 12.8. The number of rotatable bonds is 5. The highest BCUT2D eigenvalue weighted by Crippen LogP contribution is 2.21. The lowest BCUT2D eigenvalue weighted by molar-refractivity contribution is 0.101. The van der Waals surface area contributed by atoms with Crippen LogP contribution in [0.1, 0.15) is 33.6 Å². The van der Waals surface area contributed by atoms with E-state index < -0.39 is 11.8 Å². The molecule has 0 aliphatic carbocycles. The molecule has 3 heterocycles. The smallest absolute Gasteiger partial charge is 0.276 e. The average Bonchev–Trinajstić information content (AvgIpc) is 3.30. The zero-order chi connectivity index (χ0) is 18.8. The van der Waals surface area contributed by atoms with Crippen molar-refractivity contribution in [2.24, 2.45) is 7.05 Å². The number of aryl methyl sites for hydroxylation is 2. The van der Waals surface area contributed by atoms with Gasteiger partial charge in [-0.05, 0) is 13.8 Å². The molecule has 11 heteroatoms. The molecule has 0 bridgehead atoms. The number of anilines is 2. The van der Waals surface area contributed by atoms with Crippen molar-refractivity contribution in [3.63, 3.8) is 0 Å². The third-order valence-corrected chi connectivity index (χ3v) is 4.19. The Morgan fingerprint density at radius 1 is 1.15 bits per heavy atom. The summed E-state index contributed by atoms with van der Waals surface area (Å²) in [5, 5.41) is 20.1. The van der Waals surface area contributed by atoms with Crippen LogP contribution in [-0.2, 0) is 13.6 Å². The van der Waals surface area contributed by atoms with E-state index in [1.165, 1.54) is 17.1 Å². The summed E-state index contributed by atoms with van der Waals surface area (Å²) in [5.74, 6) is -0.929. The molecule has 3 aromatic heterocycles. The minimum Gasteiger partial charge on any atom is -0.318 e. The van der Waals surface area contributed by atoms with Gasteiger partial charge in [0.15, 0.2) is 0 Å². The molecule has 0 atom stereocenters. The van der Waals surface area contributed by atoms with Crippen LogP contribution in [0.4, 0.5) is 11.4 Å². The molecule has 0 spiro atoms. The first-order chi connectivity index (χ1) is 12.4. The molecule has 0 aliphatic rings. The van der Waals surface area contributed by atoms with Crippen molar-refractivity contribution in [1.82, 2.24) is 29.8 Å². The fourth-order valence-electron chi connectivity index (χ4n) is 2.37. The topological polar surface area (TPSA) is 123 Å². The van der Waals surface area contributed by atoms with Crippen molar-refractivity contribution < 1.29 is 9.59 Å². The number of hydrogen-bond acceptors (Lipinski definition) is 5. The minimum atomic E-state index is -0.519. The number of nitrogens with zero attached hydrogens (tertiary/aromatic N) is 5. The molecule has 0 saturated carbocycles. The van der Waals surface area contributed by atoms with E-state index in [0.29, 0.717) is 12.2 Å². The molecule has 3 aromatic rings. The van der Waals surface area contributed by atoms with E-state index in [0.717, 1.165) is 5.69 Å². The number of aromatic nitrogens is 6.